The van der Waals surface area contributed by atoms with Crippen molar-refractivity contribution in [3.05, 3.63) is 28.2 Å². The van der Waals surface area contributed by atoms with E-state index in [1.165, 1.54) is 12.3 Å². The number of carbonyl (C=O) groups is 1. The third-order valence-corrected chi connectivity index (χ3v) is 3.85. The number of hydrogen-bond acceptors (Lipinski definition) is 5. The summed E-state index contributed by atoms with van der Waals surface area (Å²) in [6.45, 7) is 4.48. The van der Waals surface area contributed by atoms with Crippen LogP contribution in [0.15, 0.2) is 17.1 Å². The second kappa shape index (κ2) is 9.33. The van der Waals surface area contributed by atoms with Gasteiger partial charge in [0.15, 0.2) is 5.75 Å². The second-order valence-corrected chi connectivity index (χ2v) is 5.96. The molecule has 1 unspecified atom stereocenters. The van der Waals surface area contributed by atoms with Gasteiger partial charge in [0, 0.05) is 34.5 Å². The molecule has 0 fully saturated rings. The molecule has 0 aromatic carbocycles. The smallest absolute Gasteiger partial charge is 0.306 e. The van der Waals surface area contributed by atoms with E-state index in [1.54, 1.807) is 6.92 Å². The fourth-order valence-corrected chi connectivity index (χ4v) is 2.64. The molecular weight excluding hydrogens is 294 g/mol. The maximum atomic E-state index is 11.8. The highest BCUT2D eigenvalue weighted by Crippen LogP contribution is 2.05. The molecule has 0 radical (unpaired) electrons. The van der Waals surface area contributed by atoms with E-state index in [-0.39, 0.29) is 35.1 Å². The van der Waals surface area contributed by atoms with Crippen LogP contribution in [-0.2, 0) is 26.1 Å². The van der Waals surface area contributed by atoms with Gasteiger partial charge in [-0.25, -0.2) is 0 Å². The highest BCUT2D eigenvalue weighted by atomic mass is 32.2. The summed E-state index contributed by atoms with van der Waals surface area (Å²) in [6, 6.07) is 1.38. The van der Waals surface area contributed by atoms with E-state index in [0.717, 1.165) is 6.42 Å². The molecule has 1 aromatic rings. The molecule has 0 saturated carbocycles. The van der Waals surface area contributed by atoms with Crippen molar-refractivity contribution in [2.45, 2.75) is 32.4 Å². The molecule has 1 atom stereocenters. The van der Waals surface area contributed by atoms with Crippen LogP contribution >= 0.6 is 0 Å². The number of aromatic nitrogens is 1. The average molecular weight is 315 g/mol. The van der Waals surface area contributed by atoms with Gasteiger partial charge in [-0.3, -0.25) is 13.8 Å². The monoisotopic (exact) mass is 315 g/mol. The summed E-state index contributed by atoms with van der Waals surface area (Å²) >= 11 is 0. The van der Waals surface area contributed by atoms with Crippen LogP contribution in [0.2, 0.25) is 0 Å². The lowest BCUT2D eigenvalue weighted by molar-refractivity contribution is -0.142. The molecule has 0 aliphatic carbocycles. The van der Waals surface area contributed by atoms with Crippen LogP contribution in [0, 0.1) is 0 Å². The van der Waals surface area contributed by atoms with E-state index in [9.17, 15) is 13.8 Å². The van der Waals surface area contributed by atoms with E-state index < -0.39 is 10.8 Å². The summed E-state index contributed by atoms with van der Waals surface area (Å²) in [6.07, 6.45) is 2.41. The predicted octanol–water partition coefficient (Wildman–Crippen LogP) is 1.37. The molecule has 7 heteroatoms. The second-order valence-electron chi connectivity index (χ2n) is 4.38. The van der Waals surface area contributed by atoms with Crippen molar-refractivity contribution in [3.63, 3.8) is 0 Å². The normalized spacial score (nSPS) is 11.9. The van der Waals surface area contributed by atoms with Gasteiger partial charge in [-0.2, -0.15) is 0 Å². The maximum Gasteiger partial charge on any atom is 0.306 e. The lowest BCUT2D eigenvalue weighted by atomic mass is 10.3. The maximum absolute atomic E-state index is 11.8. The Kier molecular flexibility index (Phi) is 7.74. The van der Waals surface area contributed by atoms with Gasteiger partial charge >= 0.3 is 5.97 Å². The third-order valence-electron chi connectivity index (χ3n) is 2.55. The first-order chi connectivity index (χ1) is 10.1. The molecule has 6 nitrogen and oxygen atoms in total. The lowest BCUT2D eigenvalue weighted by Crippen LogP contribution is -2.13. The number of ether oxygens (including phenoxy) is 2. The number of carbonyl (C=O) groups excluding carboxylic acids is 1. The van der Waals surface area contributed by atoms with Crippen molar-refractivity contribution in [1.82, 2.24) is 4.98 Å². The Bertz CT molecular complexity index is 540. The van der Waals surface area contributed by atoms with E-state index in [2.05, 4.69) is 4.98 Å². The Morgan fingerprint density at radius 3 is 2.76 bits per heavy atom. The van der Waals surface area contributed by atoms with Crippen molar-refractivity contribution >= 4 is 16.8 Å². The van der Waals surface area contributed by atoms with Gasteiger partial charge in [-0.1, -0.05) is 6.92 Å². The molecule has 0 amide bonds. The first kappa shape index (κ1) is 17.4. The highest BCUT2D eigenvalue weighted by molar-refractivity contribution is 7.84. The largest absolute Gasteiger partial charge is 0.488 e. The zero-order valence-electron chi connectivity index (χ0n) is 12.3. The summed E-state index contributed by atoms with van der Waals surface area (Å²) in [5.41, 5.74) is 0.325. The van der Waals surface area contributed by atoms with E-state index in [4.69, 9.17) is 9.47 Å². The lowest BCUT2D eigenvalue weighted by Gasteiger charge is -2.06. The Morgan fingerprint density at radius 2 is 2.14 bits per heavy atom. The van der Waals surface area contributed by atoms with E-state index in [1.807, 2.05) is 6.92 Å². The number of aromatic amines is 1. The van der Waals surface area contributed by atoms with E-state index in [0.29, 0.717) is 18.9 Å². The molecular formula is C14H21NO5S. The fraction of sp³-hybridized carbons (Fsp3) is 0.571. The zero-order chi connectivity index (χ0) is 15.7. The molecule has 1 rings (SSSR count). The van der Waals surface area contributed by atoms with Crippen LogP contribution in [0.1, 0.15) is 32.4 Å². The summed E-state index contributed by atoms with van der Waals surface area (Å²) in [5, 5.41) is 0. The molecule has 1 heterocycles. The molecule has 1 aromatic heterocycles. The van der Waals surface area contributed by atoms with Gasteiger partial charge in [0.25, 0.3) is 0 Å². The van der Waals surface area contributed by atoms with E-state index >= 15 is 0 Å². The minimum absolute atomic E-state index is 0.113. The molecule has 0 bridgehead atoms. The van der Waals surface area contributed by atoms with Gasteiger partial charge in [-0.15, -0.1) is 0 Å². The SMILES string of the molecule is CCCOc1c[nH]c(CS(=O)CCC(=O)OCC)cc1=O. The van der Waals surface area contributed by atoms with Crippen LogP contribution in [0.5, 0.6) is 5.75 Å². The third kappa shape index (κ3) is 6.57. The zero-order valence-corrected chi connectivity index (χ0v) is 13.2. The minimum Gasteiger partial charge on any atom is -0.488 e. The van der Waals surface area contributed by atoms with Crippen LogP contribution in [-0.4, -0.2) is 34.1 Å². The molecule has 0 aliphatic rings. The number of esters is 1. The van der Waals surface area contributed by atoms with Crippen molar-refractivity contribution in [3.8, 4) is 5.75 Å². The molecule has 0 aliphatic heterocycles. The number of H-pyrrole nitrogens is 1. The van der Waals surface area contributed by atoms with Gasteiger partial charge in [0.2, 0.25) is 5.43 Å². The first-order valence-corrected chi connectivity index (χ1v) is 8.40. The standard InChI is InChI=1S/C14H21NO5S/c1-3-6-20-13-9-15-11(8-12(13)16)10-21(18)7-5-14(17)19-4-2/h8-9H,3-7,10H2,1-2H3,(H,15,16). The fourth-order valence-electron chi connectivity index (χ4n) is 1.58. The van der Waals surface area contributed by atoms with Crippen molar-refractivity contribution in [2.24, 2.45) is 0 Å². The summed E-state index contributed by atoms with van der Waals surface area (Å²) in [5.74, 6) is 0.318. The summed E-state index contributed by atoms with van der Waals surface area (Å²) in [4.78, 5) is 25.8. The number of hydrogen-bond donors (Lipinski definition) is 1. The number of pyridine rings is 1. The Balaban J connectivity index is 2.51. The van der Waals surface area contributed by atoms with Crippen LogP contribution < -0.4 is 10.2 Å². The highest BCUT2D eigenvalue weighted by Gasteiger charge is 2.09. The summed E-state index contributed by atoms with van der Waals surface area (Å²) < 4.78 is 21.9. The number of rotatable bonds is 9. The van der Waals surface area contributed by atoms with Crippen LogP contribution in [0.4, 0.5) is 0 Å². The Hall–Kier alpha value is -1.63. The average Bonchev–Trinajstić information content (AvgIpc) is 2.45. The van der Waals surface area contributed by atoms with Crippen molar-refractivity contribution in [2.75, 3.05) is 19.0 Å². The molecule has 21 heavy (non-hydrogen) atoms. The molecule has 118 valence electrons. The van der Waals surface area contributed by atoms with Crippen LogP contribution in [0.3, 0.4) is 0 Å². The first-order valence-electron chi connectivity index (χ1n) is 6.91. The van der Waals surface area contributed by atoms with Gasteiger partial charge in [0.05, 0.1) is 25.4 Å². The topological polar surface area (TPSA) is 85.5 Å². The van der Waals surface area contributed by atoms with Gasteiger partial charge in [-0.05, 0) is 13.3 Å². The quantitative estimate of drug-likeness (QED) is 0.696. The molecule has 0 spiro atoms. The Labute approximate surface area is 126 Å². The summed E-state index contributed by atoms with van der Waals surface area (Å²) in [7, 11) is -1.23. The predicted molar refractivity (Wildman–Crippen MR) is 80.8 cm³/mol. The van der Waals surface area contributed by atoms with Gasteiger partial charge in [0.1, 0.15) is 0 Å². The number of nitrogens with one attached hydrogen (secondary N) is 1. The molecule has 0 saturated heterocycles. The minimum atomic E-state index is -1.23. The van der Waals surface area contributed by atoms with Crippen LogP contribution in [0.25, 0.3) is 0 Å². The Morgan fingerprint density at radius 1 is 1.38 bits per heavy atom. The van der Waals surface area contributed by atoms with Crippen molar-refractivity contribution in [1.29, 1.82) is 0 Å². The van der Waals surface area contributed by atoms with Gasteiger partial charge < -0.3 is 14.5 Å². The molecule has 1 N–H and O–H groups in total. The van der Waals surface area contributed by atoms with Crippen molar-refractivity contribution < 1.29 is 18.5 Å².